The molecule has 0 saturated carbocycles. The minimum Gasteiger partial charge on any atom is -0.460 e. The molecule has 0 fully saturated rings. The number of aryl methyl sites for hydroxylation is 1. The Morgan fingerprint density at radius 2 is 2.04 bits per heavy atom. The van der Waals surface area contributed by atoms with Crippen LogP contribution in [0.25, 0.3) is 11.1 Å². The lowest BCUT2D eigenvalue weighted by Gasteiger charge is -2.09. The number of hydrogen-bond acceptors (Lipinski definition) is 8. The van der Waals surface area contributed by atoms with Gasteiger partial charge in [-0.2, -0.15) is 4.98 Å². The highest BCUT2D eigenvalue weighted by atomic mass is 32.2. The molecule has 2 heterocycles. The molecule has 0 bridgehead atoms. The zero-order valence-corrected chi connectivity index (χ0v) is 15.0. The lowest BCUT2D eigenvalue weighted by Crippen LogP contribution is -2.12. The largest absolute Gasteiger partial charge is 0.460 e. The summed E-state index contributed by atoms with van der Waals surface area (Å²) in [6.45, 7) is 4.33. The van der Waals surface area contributed by atoms with E-state index in [9.17, 15) is 4.79 Å². The number of benzene rings is 1. The Labute approximate surface area is 149 Å². The van der Waals surface area contributed by atoms with Gasteiger partial charge in [0.15, 0.2) is 0 Å². The van der Waals surface area contributed by atoms with Crippen LogP contribution in [0.2, 0.25) is 0 Å². The minimum atomic E-state index is -0.592. The van der Waals surface area contributed by atoms with Gasteiger partial charge in [0.25, 0.3) is 5.71 Å². The molecule has 3 rings (SSSR count). The Hall–Kier alpha value is -2.61. The third-order valence-electron chi connectivity index (χ3n) is 3.58. The average molecular weight is 358 g/mol. The summed E-state index contributed by atoms with van der Waals surface area (Å²) in [7, 11) is 0. The maximum Gasteiger partial charge on any atom is 0.376 e. The SMILES string of the molecule is CCOC(=O)c1nc(NCc2ccc(SC)cc2)c2c(C)noc2n1. The number of rotatable bonds is 6. The molecule has 0 spiro atoms. The Kier molecular flexibility index (Phi) is 5.18. The fourth-order valence-corrected chi connectivity index (χ4v) is 2.74. The number of fused-ring (bicyclic) bond motifs is 1. The summed E-state index contributed by atoms with van der Waals surface area (Å²) in [5.41, 5.74) is 2.01. The van der Waals surface area contributed by atoms with Gasteiger partial charge in [0, 0.05) is 11.4 Å². The zero-order valence-electron chi connectivity index (χ0n) is 14.2. The van der Waals surface area contributed by atoms with Crippen LogP contribution in [0.15, 0.2) is 33.7 Å². The number of thioether (sulfide) groups is 1. The second-order valence-corrected chi connectivity index (χ2v) is 6.15. The highest BCUT2D eigenvalue weighted by Gasteiger charge is 2.19. The van der Waals surface area contributed by atoms with Gasteiger partial charge in [-0.25, -0.2) is 9.78 Å². The van der Waals surface area contributed by atoms with E-state index in [0.717, 1.165) is 5.56 Å². The van der Waals surface area contributed by atoms with E-state index in [4.69, 9.17) is 9.26 Å². The molecule has 3 aromatic rings. The van der Waals surface area contributed by atoms with Crippen molar-refractivity contribution in [3.05, 3.63) is 41.3 Å². The van der Waals surface area contributed by atoms with E-state index in [1.54, 1.807) is 25.6 Å². The van der Waals surface area contributed by atoms with E-state index in [1.165, 1.54) is 4.90 Å². The van der Waals surface area contributed by atoms with Gasteiger partial charge < -0.3 is 14.6 Å². The van der Waals surface area contributed by atoms with Crippen LogP contribution in [0.4, 0.5) is 5.82 Å². The van der Waals surface area contributed by atoms with Crippen molar-refractivity contribution in [2.45, 2.75) is 25.3 Å². The van der Waals surface area contributed by atoms with E-state index in [-0.39, 0.29) is 18.1 Å². The molecule has 1 aromatic carbocycles. The maximum atomic E-state index is 12.0. The molecule has 25 heavy (non-hydrogen) atoms. The van der Waals surface area contributed by atoms with Crippen molar-refractivity contribution < 1.29 is 14.1 Å². The van der Waals surface area contributed by atoms with Crippen LogP contribution in [0, 0.1) is 6.92 Å². The molecule has 0 atom stereocenters. The van der Waals surface area contributed by atoms with Crippen molar-refractivity contribution in [1.29, 1.82) is 0 Å². The van der Waals surface area contributed by atoms with Crippen LogP contribution < -0.4 is 5.32 Å². The highest BCUT2D eigenvalue weighted by Crippen LogP contribution is 2.24. The van der Waals surface area contributed by atoms with E-state index < -0.39 is 5.97 Å². The van der Waals surface area contributed by atoms with Crippen molar-refractivity contribution in [1.82, 2.24) is 15.1 Å². The van der Waals surface area contributed by atoms with Crippen molar-refractivity contribution in [3.8, 4) is 0 Å². The Balaban J connectivity index is 1.89. The Morgan fingerprint density at radius 3 is 2.72 bits per heavy atom. The molecule has 7 nitrogen and oxygen atoms in total. The topological polar surface area (TPSA) is 90.1 Å². The Bertz CT molecular complexity index is 893. The number of carbonyl (C=O) groups is 1. The molecule has 0 aliphatic heterocycles. The van der Waals surface area contributed by atoms with Crippen molar-refractivity contribution in [2.24, 2.45) is 0 Å². The summed E-state index contributed by atoms with van der Waals surface area (Å²) in [6.07, 6.45) is 2.04. The lowest BCUT2D eigenvalue weighted by molar-refractivity contribution is 0.0512. The van der Waals surface area contributed by atoms with Crippen molar-refractivity contribution in [2.75, 3.05) is 18.2 Å². The third-order valence-corrected chi connectivity index (χ3v) is 4.33. The van der Waals surface area contributed by atoms with Gasteiger partial charge in [-0.3, -0.25) is 0 Å². The summed E-state index contributed by atoms with van der Waals surface area (Å²) in [4.78, 5) is 21.6. The monoisotopic (exact) mass is 358 g/mol. The van der Waals surface area contributed by atoms with Gasteiger partial charge in [0.1, 0.15) is 11.2 Å². The van der Waals surface area contributed by atoms with Crippen LogP contribution in [0.5, 0.6) is 0 Å². The van der Waals surface area contributed by atoms with E-state index in [1.807, 2.05) is 18.4 Å². The molecule has 130 valence electrons. The quantitative estimate of drug-likeness (QED) is 0.529. The molecule has 8 heteroatoms. The smallest absolute Gasteiger partial charge is 0.376 e. The first-order chi connectivity index (χ1) is 12.1. The van der Waals surface area contributed by atoms with Crippen molar-refractivity contribution in [3.63, 3.8) is 0 Å². The molecule has 0 saturated heterocycles. The van der Waals surface area contributed by atoms with Crippen LogP contribution >= 0.6 is 11.8 Å². The number of carbonyl (C=O) groups excluding carboxylic acids is 1. The van der Waals surface area contributed by atoms with Crippen LogP contribution in [0.1, 0.15) is 28.8 Å². The molecule has 2 aromatic heterocycles. The summed E-state index contributed by atoms with van der Waals surface area (Å²) < 4.78 is 10.2. The maximum absolute atomic E-state index is 12.0. The second-order valence-electron chi connectivity index (χ2n) is 5.27. The number of esters is 1. The molecular weight excluding hydrogens is 340 g/mol. The molecule has 1 N–H and O–H groups in total. The van der Waals surface area contributed by atoms with Gasteiger partial charge in [0.05, 0.1) is 12.3 Å². The first kappa shape index (κ1) is 17.2. The minimum absolute atomic E-state index is 0.0502. The predicted octanol–water partition coefficient (Wildman–Crippen LogP) is 3.44. The summed E-state index contributed by atoms with van der Waals surface area (Å²) >= 11 is 1.69. The molecule has 0 radical (unpaired) electrons. The van der Waals surface area contributed by atoms with E-state index in [2.05, 4.69) is 32.6 Å². The number of anilines is 1. The number of hydrogen-bond donors (Lipinski definition) is 1. The fraction of sp³-hybridized carbons (Fsp3) is 0.294. The first-order valence-electron chi connectivity index (χ1n) is 7.80. The van der Waals surface area contributed by atoms with Crippen LogP contribution in [-0.4, -0.2) is 34.0 Å². The van der Waals surface area contributed by atoms with Crippen molar-refractivity contribution >= 4 is 34.6 Å². The summed E-state index contributed by atoms with van der Waals surface area (Å²) in [6, 6.07) is 8.21. The van der Waals surface area contributed by atoms with Gasteiger partial charge in [-0.1, -0.05) is 17.3 Å². The third kappa shape index (κ3) is 3.74. The molecule has 0 aliphatic carbocycles. The number of aromatic nitrogens is 3. The van der Waals surface area contributed by atoms with Gasteiger partial charge in [0.2, 0.25) is 5.82 Å². The number of ether oxygens (including phenoxy) is 1. The number of nitrogens with one attached hydrogen (secondary N) is 1. The fourth-order valence-electron chi connectivity index (χ4n) is 2.33. The van der Waals surface area contributed by atoms with Gasteiger partial charge in [-0.05, 0) is 37.8 Å². The first-order valence-corrected chi connectivity index (χ1v) is 9.02. The van der Waals surface area contributed by atoms with Gasteiger partial charge >= 0.3 is 5.97 Å². The molecule has 0 aliphatic rings. The zero-order chi connectivity index (χ0) is 17.8. The number of nitrogens with zero attached hydrogens (tertiary/aromatic N) is 3. The highest BCUT2D eigenvalue weighted by molar-refractivity contribution is 7.98. The molecule has 0 unspecified atom stereocenters. The molecule has 0 amide bonds. The summed E-state index contributed by atoms with van der Waals surface area (Å²) in [5.74, 6) is -0.141. The Morgan fingerprint density at radius 1 is 1.28 bits per heavy atom. The van der Waals surface area contributed by atoms with Gasteiger partial charge in [-0.15, -0.1) is 11.8 Å². The standard InChI is InChI=1S/C17H18N4O3S/c1-4-23-17(22)15-19-14(13-10(2)21-24-16(13)20-15)18-9-11-5-7-12(25-3)8-6-11/h5-8H,4,9H2,1-3H3,(H,18,19,20). The predicted molar refractivity (Wildman–Crippen MR) is 95.8 cm³/mol. The van der Waals surface area contributed by atoms with Crippen LogP contribution in [0.3, 0.4) is 0 Å². The molecular formula is C17H18N4O3S. The van der Waals surface area contributed by atoms with Crippen LogP contribution in [-0.2, 0) is 11.3 Å². The summed E-state index contributed by atoms with van der Waals surface area (Å²) in [5, 5.41) is 7.81. The van der Waals surface area contributed by atoms with E-state index >= 15 is 0 Å². The lowest BCUT2D eigenvalue weighted by atomic mass is 10.2. The normalized spacial score (nSPS) is 10.8. The second kappa shape index (κ2) is 7.52. The average Bonchev–Trinajstić information content (AvgIpc) is 3.01. The van der Waals surface area contributed by atoms with E-state index in [0.29, 0.717) is 23.4 Å².